The van der Waals surface area contributed by atoms with Crippen molar-refractivity contribution in [2.75, 3.05) is 6.54 Å². The smallest absolute Gasteiger partial charge is 0.322 e. The highest BCUT2D eigenvalue weighted by atomic mass is 35.5. The maximum absolute atomic E-state index is 14.0. The van der Waals surface area contributed by atoms with Crippen LogP contribution in [0.1, 0.15) is 12.8 Å². The Morgan fingerprint density at radius 1 is 1.50 bits per heavy atom. The standard InChI is InChI=1S/C11H10ClFN2O6S/c12-6-4-10(7(13)5-9(6)15(18)19)22(20,21)14-3-1-2-8(14)11(16)17/h4-5,8H,1-3H2,(H,16,17)/t8-/m0/s1. The molecule has 0 bridgehead atoms. The van der Waals surface area contributed by atoms with Crippen LogP contribution in [0.2, 0.25) is 5.02 Å². The Labute approximate surface area is 129 Å². The number of benzene rings is 1. The van der Waals surface area contributed by atoms with E-state index in [1.165, 1.54) is 0 Å². The summed E-state index contributed by atoms with van der Waals surface area (Å²) in [5.74, 6) is -2.69. The third-order valence-electron chi connectivity index (χ3n) is 3.27. The molecule has 0 aromatic heterocycles. The first-order valence-electron chi connectivity index (χ1n) is 6.04. The van der Waals surface area contributed by atoms with Gasteiger partial charge in [-0.15, -0.1) is 0 Å². The van der Waals surface area contributed by atoms with Crippen LogP contribution in [-0.2, 0) is 14.8 Å². The Morgan fingerprint density at radius 3 is 2.68 bits per heavy atom. The normalized spacial score (nSPS) is 19.3. The summed E-state index contributed by atoms with van der Waals surface area (Å²) >= 11 is 5.60. The molecule has 0 unspecified atom stereocenters. The minimum atomic E-state index is -4.46. The van der Waals surface area contributed by atoms with Crippen LogP contribution in [-0.4, -0.2) is 41.3 Å². The second-order valence-corrected chi connectivity index (χ2v) is 6.87. The molecule has 0 spiro atoms. The van der Waals surface area contributed by atoms with E-state index in [0.717, 1.165) is 0 Å². The van der Waals surface area contributed by atoms with Crippen LogP contribution in [0.25, 0.3) is 0 Å². The van der Waals surface area contributed by atoms with Gasteiger partial charge in [-0.3, -0.25) is 14.9 Å². The van der Waals surface area contributed by atoms with Crippen molar-refractivity contribution in [2.24, 2.45) is 0 Å². The van der Waals surface area contributed by atoms with Gasteiger partial charge in [0.05, 0.1) is 11.0 Å². The molecular weight excluding hydrogens is 343 g/mol. The first-order valence-corrected chi connectivity index (χ1v) is 7.86. The van der Waals surface area contributed by atoms with E-state index >= 15 is 0 Å². The van der Waals surface area contributed by atoms with Crippen LogP contribution in [0, 0.1) is 15.9 Å². The fourth-order valence-corrected chi connectivity index (χ4v) is 4.28. The van der Waals surface area contributed by atoms with Gasteiger partial charge in [0.15, 0.2) is 0 Å². The van der Waals surface area contributed by atoms with Gasteiger partial charge in [0, 0.05) is 6.54 Å². The second-order valence-electron chi connectivity index (χ2n) is 4.60. The number of hydrogen-bond acceptors (Lipinski definition) is 5. The number of halogens is 2. The number of nitro groups is 1. The lowest BCUT2D eigenvalue weighted by Gasteiger charge is -2.21. The van der Waals surface area contributed by atoms with E-state index in [-0.39, 0.29) is 13.0 Å². The summed E-state index contributed by atoms with van der Waals surface area (Å²) in [5.41, 5.74) is -0.769. The summed E-state index contributed by atoms with van der Waals surface area (Å²) in [6.07, 6.45) is 0.426. The van der Waals surface area contributed by atoms with E-state index in [1.807, 2.05) is 0 Å². The predicted molar refractivity (Wildman–Crippen MR) is 72.6 cm³/mol. The van der Waals surface area contributed by atoms with Crippen molar-refractivity contribution in [3.8, 4) is 0 Å². The molecule has 1 aliphatic heterocycles. The molecule has 0 saturated carbocycles. The lowest BCUT2D eigenvalue weighted by atomic mass is 10.2. The summed E-state index contributed by atoms with van der Waals surface area (Å²) in [4.78, 5) is 19.9. The fraction of sp³-hybridized carbons (Fsp3) is 0.364. The van der Waals surface area contributed by atoms with Crippen LogP contribution in [0.4, 0.5) is 10.1 Å². The van der Waals surface area contributed by atoms with E-state index in [2.05, 4.69) is 0 Å². The molecule has 0 radical (unpaired) electrons. The molecule has 1 aliphatic rings. The Morgan fingerprint density at radius 2 is 2.14 bits per heavy atom. The van der Waals surface area contributed by atoms with Crippen LogP contribution in [0.15, 0.2) is 17.0 Å². The number of nitro benzene ring substituents is 1. The molecule has 1 aromatic rings. The first-order chi connectivity index (χ1) is 10.2. The van der Waals surface area contributed by atoms with Crippen LogP contribution in [0.5, 0.6) is 0 Å². The first kappa shape index (κ1) is 16.6. The minimum absolute atomic E-state index is 0.0760. The summed E-state index contributed by atoms with van der Waals surface area (Å²) in [6, 6.07) is -0.263. The topological polar surface area (TPSA) is 118 Å². The largest absolute Gasteiger partial charge is 0.480 e. The third-order valence-corrected chi connectivity index (χ3v) is 5.50. The van der Waals surface area contributed by atoms with Gasteiger partial charge in [0.25, 0.3) is 5.69 Å². The van der Waals surface area contributed by atoms with Crippen molar-refractivity contribution in [1.82, 2.24) is 4.31 Å². The molecule has 8 nitrogen and oxygen atoms in total. The third kappa shape index (κ3) is 2.76. The van der Waals surface area contributed by atoms with E-state index < -0.39 is 48.4 Å². The number of hydrogen-bond donors (Lipinski definition) is 1. The quantitative estimate of drug-likeness (QED) is 0.650. The highest BCUT2D eigenvalue weighted by Gasteiger charge is 2.41. The molecule has 1 N–H and O–H groups in total. The molecule has 2 rings (SSSR count). The maximum Gasteiger partial charge on any atom is 0.322 e. The molecule has 120 valence electrons. The average Bonchev–Trinajstić information content (AvgIpc) is 2.90. The molecule has 1 aromatic carbocycles. The number of aliphatic carboxylic acids is 1. The van der Waals surface area contributed by atoms with Gasteiger partial charge in [-0.25, -0.2) is 12.8 Å². The Hall–Kier alpha value is -1.78. The Balaban J connectivity index is 2.53. The number of carboxylic acid groups (broad SMARTS) is 1. The zero-order chi connectivity index (χ0) is 16.7. The van der Waals surface area contributed by atoms with Gasteiger partial charge in [-0.2, -0.15) is 4.31 Å². The van der Waals surface area contributed by atoms with Crippen LogP contribution >= 0.6 is 11.6 Å². The maximum atomic E-state index is 14.0. The number of rotatable bonds is 4. The van der Waals surface area contributed by atoms with Gasteiger partial charge >= 0.3 is 5.97 Å². The molecule has 1 fully saturated rings. The second kappa shape index (κ2) is 5.78. The molecular formula is C11H10ClFN2O6S. The van der Waals surface area contributed by atoms with Gasteiger partial charge in [0.1, 0.15) is 21.8 Å². The molecule has 0 amide bonds. The van der Waals surface area contributed by atoms with Crippen molar-refractivity contribution in [2.45, 2.75) is 23.8 Å². The van der Waals surface area contributed by atoms with Gasteiger partial charge in [-0.05, 0) is 18.9 Å². The Bertz CT molecular complexity index is 753. The van der Waals surface area contributed by atoms with Crippen molar-refractivity contribution in [3.05, 3.63) is 33.1 Å². The van der Waals surface area contributed by atoms with Crippen molar-refractivity contribution in [3.63, 3.8) is 0 Å². The molecule has 22 heavy (non-hydrogen) atoms. The lowest BCUT2D eigenvalue weighted by Crippen LogP contribution is -2.40. The molecule has 0 aliphatic carbocycles. The highest BCUT2D eigenvalue weighted by molar-refractivity contribution is 7.89. The monoisotopic (exact) mass is 352 g/mol. The van der Waals surface area contributed by atoms with Crippen molar-refractivity contribution in [1.29, 1.82) is 0 Å². The number of sulfonamides is 1. The van der Waals surface area contributed by atoms with E-state index in [1.54, 1.807) is 0 Å². The zero-order valence-corrected chi connectivity index (χ0v) is 12.5. The predicted octanol–water partition coefficient (Wildman–Crippen LogP) is 1.62. The van der Waals surface area contributed by atoms with Crippen LogP contribution < -0.4 is 0 Å². The van der Waals surface area contributed by atoms with Crippen molar-refractivity contribution < 1.29 is 27.6 Å². The van der Waals surface area contributed by atoms with Crippen molar-refractivity contribution >= 4 is 33.3 Å². The van der Waals surface area contributed by atoms with Gasteiger partial charge in [0.2, 0.25) is 10.0 Å². The zero-order valence-electron chi connectivity index (χ0n) is 10.9. The summed E-state index contributed by atoms with van der Waals surface area (Å²) in [7, 11) is -4.46. The van der Waals surface area contributed by atoms with E-state index in [9.17, 15) is 27.7 Å². The highest BCUT2D eigenvalue weighted by Crippen LogP contribution is 2.33. The Kier molecular flexibility index (Phi) is 4.36. The molecule has 1 heterocycles. The molecule has 1 saturated heterocycles. The summed E-state index contributed by atoms with van der Waals surface area (Å²) in [5, 5.41) is 19.1. The fourth-order valence-electron chi connectivity index (χ4n) is 2.26. The molecule has 1 atom stereocenters. The van der Waals surface area contributed by atoms with E-state index in [0.29, 0.717) is 22.9 Å². The summed E-state index contributed by atoms with van der Waals surface area (Å²) < 4.78 is 39.4. The van der Waals surface area contributed by atoms with Gasteiger partial charge < -0.3 is 5.11 Å². The lowest BCUT2D eigenvalue weighted by molar-refractivity contribution is -0.384. The van der Waals surface area contributed by atoms with Crippen LogP contribution in [0.3, 0.4) is 0 Å². The number of carbonyl (C=O) groups is 1. The molecule has 11 heteroatoms. The summed E-state index contributed by atoms with van der Waals surface area (Å²) in [6.45, 7) is -0.0760. The number of carboxylic acids is 1. The average molecular weight is 353 g/mol. The van der Waals surface area contributed by atoms with E-state index in [4.69, 9.17) is 16.7 Å². The number of nitrogens with zero attached hydrogens (tertiary/aromatic N) is 2. The van der Waals surface area contributed by atoms with Gasteiger partial charge in [-0.1, -0.05) is 11.6 Å². The SMILES string of the molecule is O=C(O)[C@@H]1CCCN1S(=O)(=O)c1cc(Cl)c([N+](=O)[O-])cc1F. The minimum Gasteiger partial charge on any atom is -0.480 e.